The van der Waals surface area contributed by atoms with E-state index in [4.69, 9.17) is 0 Å². The number of amides is 1. The Hall–Kier alpha value is -2.20. The van der Waals surface area contributed by atoms with Gasteiger partial charge in [-0.25, -0.2) is 12.8 Å². The summed E-state index contributed by atoms with van der Waals surface area (Å²) in [5, 5.41) is 9.25. The summed E-state index contributed by atoms with van der Waals surface area (Å²) in [4.78, 5) is 25.8. The van der Waals surface area contributed by atoms with Gasteiger partial charge < -0.3 is 10.0 Å². The Labute approximate surface area is 258 Å². The van der Waals surface area contributed by atoms with Gasteiger partial charge in [0, 0.05) is 33.5 Å². The minimum Gasteiger partial charge on any atom is -0.481 e. The molecule has 4 rings (SSSR count). The van der Waals surface area contributed by atoms with Crippen LogP contribution >= 0.6 is 31.9 Å². The highest BCUT2D eigenvalue weighted by Crippen LogP contribution is 2.54. The molecule has 236 valence electrons. The lowest BCUT2D eigenvalue weighted by Gasteiger charge is -2.33. The molecule has 2 fully saturated rings. The molecule has 1 atom stereocenters. The van der Waals surface area contributed by atoms with Crippen molar-refractivity contribution in [3.05, 3.63) is 62.5 Å². The van der Waals surface area contributed by atoms with E-state index in [0.29, 0.717) is 8.95 Å². The number of hydrogen-bond acceptors (Lipinski definition) is 4. The number of halogens is 9. The SMILES string of the molecule is O=C(O)[C@H]1CC[C@H](C(=O)N2CC[C@](c3ccc(C(F)(C(F)(F)F)C(F)(F)F)cc3)(S(=O)(=O)c3ccc(Br)c(Br)c3)C2)CC1. The van der Waals surface area contributed by atoms with E-state index >= 15 is 0 Å². The van der Waals surface area contributed by atoms with Crippen LogP contribution in [0.3, 0.4) is 0 Å². The second kappa shape index (κ2) is 11.6. The van der Waals surface area contributed by atoms with Crippen LogP contribution in [0.1, 0.15) is 43.2 Å². The molecule has 0 spiro atoms. The molecule has 1 N–H and O–H groups in total. The van der Waals surface area contributed by atoms with Gasteiger partial charge in [0.15, 0.2) is 9.84 Å². The lowest BCUT2D eigenvalue weighted by Crippen LogP contribution is -2.50. The highest BCUT2D eigenvalue weighted by Gasteiger charge is 2.73. The fraction of sp³-hybridized carbons (Fsp3) is 0.481. The summed E-state index contributed by atoms with van der Waals surface area (Å²) < 4.78 is 122. The van der Waals surface area contributed by atoms with Gasteiger partial charge in [0.05, 0.1) is 10.8 Å². The molecule has 0 bridgehead atoms. The van der Waals surface area contributed by atoms with Crippen molar-refractivity contribution in [3.8, 4) is 0 Å². The summed E-state index contributed by atoms with van der Waals surface area (Å²) >= 11 is 6.45. The van der Waals surface area contributed by atoms with Crippen LogP contribution in [0.5, 0.6) is 0 Å². The Morgan fingerprint density at radius 3 is 1.86 bits per heavy atom. The van der Waals surface area contributed by atoms with E-state index in [1.165, 1.54) is 23.1 Å². The molecule has 1 aliphatic heterocycles. The Morgan fingerprint density at radius 2 is 1.37 bits per heavy atom. The molecule has 6 nitrogen and oxygen atoms in total. The molecule has 43 heavy (non-hydrogen) atoms. The van der Waals surface area contributed by atoms with Crippen molar-refractivity contribution in [2.45, 2.75) is 59.8 Å². The number of carbonyl (C=O) groups is 2. The first-order chi connectivity index (χ1) is 19.8. The van der Waals surface area contributed by atoms with E-state index in [-0.39, 0.29) is 61.2 Å². The molecular weight excluding hydrogens is 743 g/mol. The molecule has 2 aromatic carbocycles. The van der Waals surface area contributed by atoms with Crippen LogP contribution < -0.4 is 0 Å². The van der Waals surface area contributed by atoms with Crippen molar-refractivity contribution >= 4 is 53.6 Å². The zero-order valence-corrected chi connectivity index (χ0v) is 26.0. The maximum absolute atomic E-state index is 14.7. The lowest BCUT2D eigenvalue weighted by atomic mass is 9.81. The van der Waals surface area contributed by atoms with Gasteiger partial charge in [0.1, 0.15) is 4.75 Å². The van der Waals surface area contributed by atoms with Crippen molar-refractivity contribution < 1.29 is 53.8 Å². The molecule has 16 heteroatoms. The molecule has 1 amide bonds. The second-order valence-electron chi connectivity index (χ2n) is 10.7. The number of carbonyl (C=O) groups excluding carboxylic acids is 1. The van der Waals surface area contributed by atoms with Crippen LogP contribution in [0, 0.1) is 11.8 Å². The van der Waals surface area contributed by atoms with Crippen LogP contribution in [0.15, 0.2) is 56.3 Å². The number of aliphatic carboxylic acids is 1. The maximum atomic E-state index is 14.7. The molecule has 1 heterocycles. The van der Waals surface area contributed by atoms with E-state index in [1.54, 1.807) is 0 Å². The lowest BCUT2D eigenvalue weighted by molar-refractivity contribution is -0.348. The molecule has 1 aliphatic carbocycles. The number of alkyl halides is 7. The topological polar surface area (TPSA) is 91.8 Å². The average molecular weight is 767 g/mol. The second-order valence-corrected chi connectivity index (χ2v) is 14.7. The van der Waals surface area contributed by atoms with Crippen LogP contribution in [0.4, 0.5) is 30.7 Å². The molecule has 2 aliphatic rings. The Bertz CT molecular complexity index is 1490. The molecular formula is C27H24Br2F7NO5S. The molecule has 1 saturated heterocycles. The van der Waals surface area contributed by atoms with Crippen LogP contribution in [-0.4, -0.2) is 55.7 Å². The van der Waals surface area contributed by atoms with Gasteiger partial charge in [-0.05, 0) is 87.7 Å². The van der Waals surface area contributed by atoms with Gasteiger partial charge >= 0.3 is 24.0 Å². The largest absolute Gasteiger partial charge is 0.481 e. The summed E-state index contributed by atoms with van der Waals surface area (Å²) in [6.45, 7) is -0.576. The number of nitrogens with zero attached hydrogens (tertiary/aromatic N) is 1. The fourth-order valence-electron chi connectivity index (χ4n) is 5.79. The third-order valence-electron chi connectivity index (χ3n) is 8.27. The summed E-state index contributed by atoms with van der Waals surface area (Å²) in [6, 6.07) is 5.93. The average Bonchev–Trinajstić information content (AvgIpc) is 3.40. The minimum atomic E-state index is -6.35. The van der Waals surface area contributed by atoms with Crippen LogP contribution in [0.2, 0.25) is 0 Å². The predicted octanol–water partition coefficient (Wildman–Crippen LogP) is 7.29. The first-order valence-electron chi connectivity index (χ1n) is 12.9. The van der Waals surface area contributed by atoms with E-state index in [2.05, 4.69) is 31.9 Å². The smallest absolute Gasteiger partial charge is 0.435 e. The van der Waals surface area contributed by atoms with Crippen molar-refractivity contribution in [3.63, 3.8) is 0 Å². The van der Waals surface area contributed by atoms with Gasteiger partial charge in [0.2, 0.25) is 5.91 Å². The zero-order chi connectivity index (χ0) is 32.2. The summed E-state index contributed by atoms with van der Waals surface area (Å²) in [5.41, 5.74) is -7.68. The number of rotatable bonds is 6. The number of sulfone groups is 1. The Morgan fingerprint density at radius 1 is 0.837 bits per heavy atom. The first-order valence-corrected chi connectivity index (χ1v) is 16.0. The number of benzene rings is 2. The van der Waals surface area contributed by atoms with Crippen molar-refractivity contribution in [1.82, 2.24) is 4.90 Å². The van der Waals surface area contributed by atoms with Gasteiger partial charge in [-0.3, -0.25) is 9.59 Å². The highest BCUT2D eigenvalue weighted by atomic mass is 79.9. The zero-order valence-electron chi connectivity index (χ0n) is 22.0. The molecule has 2 aromatic rings. The third-order valence-corrected chi connectivity index (χ3v) is 12.6. The molecule has 1 saturated carbocycles. The first kappa shape index (κ1) is 33.7. The van der Waals surface area contributed by atoms with Gasteiger partial charge in [-0.2, -0.15) is 26.3 Å². The van der Waals surface area contributed by atoms with Crippen molar-refractivity contribution in [1.29, 1.82) is 0 Å². The Balaban J connectivity index is 1.77. The standard InChI is InChI=1S/C27H24Br2F7NO5S/c28-20-10-9-19(13-21(20)29)43(41,42)24(11-12-37(14-24)22(38)15-1-3-16(4-2-15)23(39)40)17-5-7-18(8-6-17)25(30,26(31,32)33)27(34,35)36/h5-10,13,15-16H,1-4,11-12,14H2,(H,39,40)/t15-,16-,24-/m0/s1. The quantitative estimate of drug-likeness (QED) is 0.312. The van der Waals surface area contributed by atoms with Crippen molar-refractivity contribution in [2.75, 3.05) is 13.1 Å². The van der Waals surface area contributed by atoms with E-state index in [0.717, 1.165) is 12.1 Å². The van der Waals surface area contributed by atoms with Crippen LogP contribution in [0.25, 0.3) is 0 Å². The number of hydrogen-bond donors (Lipinski definition) is 1. The normalized spacial score (nSPS) is 23.8. The van der Waals surface area contributed by atoms with E-state index in [1.807, 2.05) is 0 Å². The van der Waals surface area contributed by atoms with Crippen LogP contribution in [-0.2, 0) is 29.8 Å². The molecule has 0 unspecified atom stereocenters. The number of likely N-dealkylation sites (tertiary alicyclic amines) is 1. The van der Waals surface area contributed by atoms with Gasteiger partial charge in [-0.1, -0.05) is 24.3 Å². The minimum absolute atomic E-state index is 0.103. The third kappa shape index (κ3) is 5.83. The van der Waals surface area contributed by atoms with Gasteiger partial charge in [0.25, 0.3) is 0 Å². The highest BCUT2D eigenvalue weighted by molar-refractivity contribution is 9.13. The summed E-state index contributed by atoms with van der Waals surface area (Å²) in [7, 11) is -4.48. The maximum Gasteiger partial charge on any atom is 0.435 e. The summed E-state index contributed by atoms with van der Waals surface area (Å²) in [6.07, 6.45) is -11.9. The molecule has 0 aromatic heterocycles. The Kier molecular flexibility index (Phi) is 9.11. The fourth-order valence-corrected chi connectivity index (χ4v) is 8.67. The van der Waals surface area contributed by atoms with E-state index in [9.17, 15) is 53.8 Å². The predicted molar refractivity (Wildman–Crippen MR) is 146 cm³/mol. The summed E-state index contributed by atoms with van der Waals surface area (Å²) in [5.74, 6) is -2.59. The monoisotopic (exact) mass is 765 g/mol. The number of carboxylic acids is 1. The van der Waals surface area contributed by atoms with Gasteiger partial charge in [-0.15, -0.1) is 0 Å². The van der Waals surface area contributed by atoms with Crippen molar-refractivity contribution in [2.24, 2.45) is 11.8 Å². The molecule has 0 radical (unpaired) electrons. The number of carboxylic acid groups (broad SMARTS) is 1. The van der Waals surface area contributed by atoms with E-state index < -0.39 is 68.4 Å².